The molecule has 3 N–H and O–H groups in total. The van der Waals surface area contributed by atoms with Crippen molar-refractivity contribution in [3.8, 4) is 0 Å². The standard InChI is InChI=1S/C4H7F3.3CHFO2/c1-2-3(5)4(6)7;3*2-1(3)4/h3-4H,2H2,1H3;3*(H,3,4). The second kappa shape index (κ2) is 18.4. The highest BCUT2D eigenvalue weighted by Crippen LogP contribution is 2.07. The average Bonchev–Trinajstić information content (AvgIpc) is 2.13. The lowest BCUT2D eigenvalue weighted by Crippen LogP contribution is -2.09. The fourth-order valence-electron chi connectivity index (χ4n) is 0.178. The van der Waals surface area contributed by atoms with Gasteiger partial charge in [-0.05, 0) is 6.42 Å². The van der Waals surface area contributed by atoms with Crippen LogP contribution in [0.1, 0.15) is 13.3 Å². The van der Waals surface area contributed by atoms with Crippen LogP contribution in [-0.4, -0.2) is 46.6 Å². The van der Waals surface area contributed by atoms with Crippen molar-refractivity contribution >= 4 is 18.7 Å². The van der Waals surface area contributed by atoms with Crippen molar-refractivity contribution < 1.29 is 56.0 Å². The molecule has 0 heterocycles. The first kappa shape index (κ1) is 25.7. The fourth-order valence-corrected chi connectivity index (χ4v) is 0.178. The zero-order valence-corrected chi connectivity index (χ0v) is 9.20. The van der Waals surface area contributed by atoms with E-state index in [1.807, 2.05) is 0 Å². The smallest absolute Gasteiger partial charge is 0.456 e. The van der Waals surface area contributed by atoms with E-state index in [-0.39, 0.29) is 6.42 Å². The van der Waals surface area contributed by atoms with Crippen molar-refractivity contribution in [2.24, 2.45) is 0 Å². The molecule has 1 unspecified atom stereocenters. The van der Waals surface area contributed by atoms with Crippen LogP contribution in [0.2, 0.25) is 0 Å². The molecular weight excluding hydrogens is 294 g/mol. The minimum atomic E-state index is -2.80. The maximum atomic E-state index is 11.5. The minimum absolute atomic E-state index is 0.0995. The first-order valence-electron chi connectivity index (χ1n) is 3.95. The van der Waals surface area contributed by atoms with Crippen molar-refractivity contribution in [2.75, 3.05) is 0 Å². The normalized spacial score (nSPS) is 9.47. The van der Waals surface area contributed by atoms with Crippen molar-refractivity contribution in [2.45, 2.75) is 25.9 Å². The van der Waals surface area contributed by atoms with Gasteiger partial charge in [-0.1, -0.05) is 6.92 Å². The lowest BCUT2D eigenvalue weighted by atomic mass is 10.3. The Kier molecular flexibility index (Phi) is 24.9. The van der Waals surface area contributed by atoms with E-state index in [4.69, 9.17) is 29.7 Å². The van der Waals surface area contributed by atoms with E-state index in [0.717, 1.165) is 0 Å². The lowest BCUT2D eigenvalue weighted by Gasteiger charge is -1.99. The number of rotatable bonds is 2. The summed E-state index contributed by atoms with van der Waals surface area (Å²) in [5.74, 6) is 0. The quantitative estimate of drug-likeness (QED) is 0.527. The molecular formula is C7H10F6O6. The van der Waals surface area contributed by atoms with Crippen molar-refractivity contribution in [3.05, 3.63) is 0 Å². The van der Waals surface area contributed by atoms with Crippen LogP contribution in [0.5, 0.6) is 0 Å². The molecule has 0 amide bonds. The van der Waals surface area contributed by atoms with Gasteiger partial charge in [0.15, 0.2) is 6.17 Å². The summed E-state index contributed by atoms with van der Waals surface area (Å²) in [5, 5.41) is 20.2. The highest BCUT2D eigenvalue weighted by molar-refractivity contribution is 5.55. The number of carbonyl (C=O) groups is 3. The van der Waals surface area contributed by atoms with Crippen LogP contribution in [-0.2, 0) is 0 Å². The molecule has 0 rings (SSSR count). The first-order valence-corrected chi connectivity index (χ1v) is 3.95. The SMILES string of the molecule is CCC(F)C(F)F.O=C(O)F.O=C(O)F.O=C(O)F. The van der Waals surface area contributed by atoms with Gasteiger partial charge in [-0.2, -0.15) is 0 Å². The van der Waals surface area contributed by atoms with Gasteiger partial charge in [0.05, 0.1) is 0 Å². The van der Waals surface area contributed by atoms with Gasteiger partial charge in [-0.25, -0.2) is 27.6 Å². The molecule has 0 spiro atoms. The number of halogens is 6. The van der Waals surface area contributed by atoms with Crippen LogP contribution in [0.4, 0.5) is 40.7 Å². The fraction of sp³-hybridized carbons (Fsp3) is 0.571. The summed E-state index contributed by atoms with van der Waals surface area (Å²) in [6.07, 6.45) is -11.8. The third kappa shape index (κ3) is 197. The second-order valence-corrected chi connectivity index (χ2v) is 2.02. The summed E-state index contributed by atoms with van der Waals surface area (Å²) in [6, 6.07) is 0. The van der Waals surface area contributed by atoms with Gasteiger partial charge in [-0.15, -0.1) is 13.2 Å². The predicted molar refractivity (Wildman–Crippen MR) is 48.6 cm³/mol. The summed E-state index contributed by atoms with van der Waals surface area (Å²) < 4.78 is 63.4. The molecule has 116 valence electrons. The van der Waals surface area contributed by atoms with Gasteiger partial charge >= 0.3 is 18.7 Å². The summed E-state index contributed by atoms with van der Waals surface area (Å²) in [5.41, 5.74) is 0. The Morgan fingerprint density at radius 1 is 0.842 bits per heavy atom. The first-order chi connectivity index (χ1) is 8.38. The third-order valence-electron chi connectivity index (χ3n) is 0.663. The average molecular weight is 304 g/mol. The molecule has 0 aromatic rings. The van der Waals surface area contributed by atoms with E-state index in [1.54, 1.807) is 0 Å². The van der Waals surface area contributed by atoms with Gasteiger partial charge in [-0.3, -0.25) is 0 Å². The van der Waals surface area contributed by atoms with Crippen LogP contribution >= 0.6 is 0 Å². The maximum Gasteiger partial charge on any atom is 0.492 e. The zero-order chi connectivity index (χ0) is 16.6. The second-order valence-electron chi connectivity index (χ2n) is 2.02. The molecule has 1 atom stereocenters. The Morgan fingerprint density at radius 3 is 1.00 bits per heavy atom. The molecule has 19 heavy (non-hydrogen) atoms. The van der Waals surface area contributed by atoms with Crippen LogP contribution in [0.25, 0.3) is 0 Å². The molecule has 0 fully saturated rings. The molecule has 0 radical (unpaired) electrons. The van der Waals surface area contributed by atoms with E-state index >= 15 is 0 Å². The van der Waals surface area contributed by atoms with E-state index < -0.39 is 31.3 Å². The van der Waals surface area contributed by atoms with Gasteiger partial charge in [0.1, 0.15) is 0 Å². The Bertz CT molecular complexity index is 208. The molecule has 0 aromatic carbocycles. The van der Waals surface area contributed by atoms with E-state index in [2.05, 4.69) is 0 Å². The monoisotopic (exact) mass is 304 g/mol. The summed E-state index contributed by atoms with van der Waals surface area (Å²) >= 11 is 0. The molecule has 0 aliphatic heterocycles. The Hall–Kier alpha value is -2.01. The molecule has 0 bridgehead atoms. The highest BCUT2D eigenvalue weighted by Gasteiger charge is 2.15. The Balaban J connectivity index is -0.0000000825. The molecule has 0 aromatic heterocycles. The Morgan fingerprint density at radius 2 is 1.00 bits per heavy atom. The lowest BCUT2D eigenvalue weighted by molar-refractivity contribution is 0.0482. The summed E-state index contributed by atoms with van der Waals surface area (Å²) in [4.78, 5) is 25.0. The van der Waals surface area contributed by atoms with E-state index in [9.17, 15) is 26.3 Å². The van der Waals surface area contributed by atoms with Crippen LogP contribution in [0, 0.1) is 0 Å². The minimum Gasteiger partial charge on any atom is -0.456 e. The highest BCUT2D eigenvalue weighted by atomic mass is 19.3. The molecule has 12 heteroatoms. The maximum absolute atomic E-state index is 11.5. The number of hydrogen-bond donors (Lipinski definition) is 3. The molecule has 0 aliphatic rings. The van der Waals surface area contributed by atoms with Crippen molar-refractivity contribution in [1.29, 1.82) is 0 Å². The number of hydrogen-bond acceptors (Lipinski definition) is 3. The van der Waals surface area contributed by atoms with Crippen molar-refractivity contribution in [1.82, 2.24) is 0 Å². The predicted octanol–water partition coefficient (Wildman–Crippen LogP) is 3.90. The third-order valence-corrected chi connectivity index (χ3v) is 0.663. The Labute approximate surface area is 102 Å². The van der Waals surface area contributed by atoms with Gasteiger partial charge in [0.2, 0.25) is 0 Å². The number of alkyl halides is 3. The topological polar surface area (TPSA) is 112 Å². The largest absolute Gasteiger partial charge is 0.492 e. The molecule has 0 aliphatic carbocycles. The zero-order valence-electron chi connectivity index (χ0n) is 9.20. The van der Waals surface area contributed by atoms with Gasteiger partial charge in [0.25, 0.3) is 6.43 Å². The molecule has 0 saturated carbocycles. The van der Waals surface area contributed by atoms with Gasteiger partial charge < -0.3 is 15.3 Å². The summed E-state index contributed by atoms with van der Waals surface area (Å²) in [6.45, 7) is 1.39. The van der Waals surface area contributed by atoms with E-state index in [0.29, 0.717) is 0 Å². The number of carboxylic acid groups (broad SMARTS) is 3. The van der Waals surface area contributed by atoms with Crippen LogP contribution in [0.3, 0.4) is 0 Å². The van der Waals surface area contributed by atoms with Crippen LogP contribution < -0.4 is 0 Å². The molecule has 6 nitrogen and oxygen atoms in total. The van der Waals surface area contributed by atoms with Crippen LogP contribution in [0.15, 0.2) is 0 Å². The summed E-state index contributed by atoms with van der Waals surface area (Å²) in [7, 11) is 0. The van der Waals surface area contributed by atoms with Gasteiger partial charge in [0, 0.05) is 0 Å². The van der Waals surface area contributed by atoms with E-state index in [1.165, 1.54) is 6.92 Å². The molecule has 0 saturated heterocycles. The van der Waals surface area contributed by atoms with Crippen molar-refractivity contribution in [3.63, 3.8) is 0 Å².